The number of benzene rings is 2. The summed E-state index contributed by atoms with van der Waals surface area (Å²) in [6.07, 6.45) is 0. The molecule has 0 radical (unpaired) electrons. The molecular formula is C16H16BrCl2N. The molecular weight excluding hydrogens is 357 g/mol. The monoisotopic (exact) mass is 371 g/mol. The van der Waals surface area contributed by atoms with Crippen molar-refractivity contribution in [2.75, 3.05) is 11.9 Å². The van der Waals surface area contributed by atoms with Gasteiger partial charge in [-0.25, -0.2) is 0 Å². The van der Waals surface area contributed by atoms with Gasteiger partial charge in [0, 0.05) is 25.0 Å². The van der Waals surface area contributed by atoms with E-state index in [1.807, 2.05) is 24.3 Å². The lowest BCUT2D eigenvalue weighted by atomic mass is 10.1. The number of halogens is 3. The Labute approximate surface area is 138 Å². The summed E-state index contributed by atoms with van der Waals surface area (Å²) >= 11 is 15.5. The minimum Gasteiger partial charge on any atom is -0.294 e. The summed E-state index contributed by atoms with van der Waals surface area (Å²) in [7, 11) is 0. The molecule has 0 fully saturated rings. The van der Waals surface area contributed by atoms with Crippen molar-refractivity contribution in [3.63, 3.8) is 0 Å². The Morgan fingerprint density at radius 2 is 1.55 bits per heavy atom. The van der Waals surface area contributed by atoms with Gasteiger partial charge in [-0.1, -0.05) is 75.5 Å². The van der Waals surface area contributed by atoms with Crippen molar-refractivity contribution in [3.05, 3.63) is 69.7 Å². The van der Waals surface area contributed by atoms with Gasteiger partial charge >= 0.3 is 0 Å². The van der Waals surface area contributed by atoms with Crippen LogP contribution in [0.4, 0.5) is 0 Å². The van der Waals surface area contributed by atoms with Gasteiger partial charge in [0.2, 0.25) is 0 Å². The fraction of sp³-hybridized carbons (Fsp3) is 0.250. The summed E-state index contributed by atoms with van der Waals surface area (Å²) in [5.74, 6) is 0. The van der Waals surface area contributed by atoms with Crippen LogP contribution in [-0.4, -0.2) is 16.8 Å². The Balaban J connectivity index is 2.06. The first kappa shape index (κ1) is 15.8. The Bertz CT molecular complexity index is 545. The zero-order valence-electron chi connectivity index (χ0n) is 11.0. The quantitative estimate of drug-likeness (QED) is 0.614. The van der Waals surface area contributed by atoms with Crippen LogP contribution in [-0.2, 0) is 13.1 Å². The van der Waals surface area contributed by atoms with E-state index in [-0.39, 0.29) is 0 Å². The maximum atomic E-state index is 6.07. The predicted octanol–water partition coefficient (Wildman–Crippen LogP) is 5.39. The van der Waals surface area contributed by atoms with Crippen LogP contribution in [0.15, 0.2) is 48.5 Å². The van der Waals surface area contributed by atoms with E-state index in [0.29, 0.717) is 10.0 Å². The molecule has 20 heavy (non-hydrogen) atoms. The van der Waals surface area contributed by atoms with Gasteiger partial charge in [-0.2, -0.15) is 0 Å². The Hall–Kier alpha value is -0.540. The third-order valence-corrected chi connectivity index (χ3v) is 4.13. The Kier molecular flexibility index (Phi) is 6.37. The largest absolute Gasteiger partial charge is 0.294 e. The summed E-state index contributed by atoms with van der Waals surface area (Å²) in [6, 6.07) is 16.3. The molecule has 2 aromatic rings. The lowest BCUT2D eigenvalue weighted by molar-refractivity contribution is 0.274. The molecule has 0 aliphatic rings. The van der Waals surface area contributed by atoms with Crippen molar-refractivity contribution < 1.29 is 0 Å². The first-order valence-electron chi connectivity index (χ1n) is 6.45. The SMILES string of the molecule is Clc1ccc(CN(CCBr)Cc2ccccc2)cc1Cl. The molecule has 0 unspecified atom stereocenters. The fourth-order valence-electron chi connectivity index (χ4n) is 2.07. The molecule has 0 atom stereocenters. The van der Waals surface area contributed by atoms with Crippen molar-refractivity contribution in [2.24, 2.45) is 0 Å². The second kappa shape index (κ2) is 8.04. The van der Waals surface area contributed by atoms with Gasteiger partial charge in [0.1, 0.15) is 0 Å². The maximum absolute atomic E-state index is 6.07. The van der Waals surface area contributed by atoms with Gasteiger partial charge in [-0.15, -0.1) is 0 Å². The highest BCUT2D eigenvalue weighted by Gasteiger charge is 2.08. The molecule has 2 aromatic carbocycles. The molecule has 0 amide bonds. The standard InChI is InChI=1S/C16H16BrCl2N/c17-8-9-20(11-13-4-2-1-3-5-13)12-14-6-7-15(18)16(19)10-14/h1-7,10H,8-9,11-12H2. The highest BCUT2D eigenvalue weighted by molar-refractivity contribution is 9.09. The van der Waals surface area contributed by atoms with Crippen LogP contribution in [0.2, 0.25) is 10.0 Å². The smallest absolute Gasteiger partial charge is 0.0595 e. The fourth-order valence-corrected chi connectivity index (χ4v) is 2.89. The zero-order chi connectivity index (χ0) is 14.4. The zero-order valence-corrected chi connectivity index (χ0v) is 14.1. The molecule has 106 valence electrons. The van der Waals surface area contributed by atoms with Crippen LogP contribution in [0.25, 0.3) is 0 Å². The number of hydrogen-bond acceptors (Lipinski definition) is 1. The third-order valence-electron chi connectivity index (χ3n) is 3.04. The molecule has 0 aliphatic carbocycles. The van der Waals surface area contributed by atoms with Crippen LogP contribution < -0.4 is 0 Å². The van der Waals surface area contributed by atoms with Crippen LogP contribution in [0.5, 0.6) is 0 Å². The molecule has 0 bridgehead atoms. The van der Waals surface area contributed by atoms with E-state index < -0.39 is 0 Å². The topological polar surface area (TPSA) is 3.24 Å². The van der Waals surface area contributed by atoms with E-state index in [2.05, 4.69) is 45.1 Å². The second-order valence-electron chi connectivity index (χ2n) is 4.63. The first-order chi connectivity index (χ1) is 9.69. The van der Waals surface area contributed by atoms with Gasteiger partial charge in [0.25, 0.3) is 0 Å². The minimum atomic E-state index is 0.602. The number of hydrogen-bond donors (Lipinski definition) is 0. The molecule has 0 aromatic heterocycles. The number of nitrogens with zero attached hydrogens (tertiary/aromatic N) is 1. The van der Waals surface area contributed by atoms with Crippen molar-refractivity contribution in [2.45, 2.75) is 13.1 Å². The number of rotatable bonds is 6. The summed E-state index contributed by atoms with van der Waals surface area (Å²) in [4.78, 5) is 2.38. The minimum absolute atomic E-state index is 0.602. The molecule has 0 N–H and O–H groups in total. The van der Waals surface area contributed by atoms with Gasteiger partial charge in [0.15, 0.2) is 0 Å². The molecule has 1 nitrogen and oxygen atoms in total. The Morgan fingerprint density at radius 1 is 0.850 bits per heavy atom. The Morgan fingerprint density at radius 3 is 2.20 bits per heavy atom. The van der Waals surface area contributed by atoms with Crippen molar-refractivity contribution in [1.29, 1.82) is 0 Å². The van der Waals surface area contributed by atoms with E-state index in [1.165, 1.54) is 11.1 Å². The van der Waals surface area contributed by atoms with Crippen LogP contribution in [0, 0.1) is 0 Å². The molecule has 2 rings (SSSR count). The first-order valence-corrected chi connectivity index (χ1v) is 8.33. The summed E-state index contributed by atoms with van der Waals surface area (Å²) in [5.41, 5.74) is 2.49. The van der Waals surface area contributed by atoms with Gasteiger partial charge < -0.3 is 0 Å². The highest BCUT2D eigenvalue weighted by atomic mass is 79.9. The highest BCUT2D eigenvalue weighted by Crippen LogP contribution is 2.23. The van der Waals surface area contributed by atoms with E-state index in [0.717, 1.165) is 25.0 Å². The average molecular weight is 373 g/mol. The lowest BCUT2D eigenvalue weighted by Gasteiger charge is -2.21. The van der Waals surface area contributed by atoms with Crippen molar-refractivity contribution in [3.8, 4) is 0 Å². The van der Waals surface area contributed by atoms with E-state index in [1.54, 1.807) is 0 Å². The lowest BCUT2D eigenvalue weighted by Crippen LogP contribution is -2.24. The maximum Gasteiger partial charge on any atom is 0.0595 e. The molecule has 0 saturated carbocycles. The molecule has 0 heterocycles. The average Bonchev–Trinajstić information content (AvgIpc) is 2.44. The summed E-state index contributed by atoms with van der Waals surface area (Å²) in [5, 5.41) is 2.16. The molecule has 4 heteroatoms. The summed E-state index contributed by atoms with van der Waals surface area (Å²) < 4.78 is 0. The molecule has 0 saturated heterocycles. The van der Waals surface area contributed by atoms with Gasteiger partial charge in [0.05, 0.1) is 10.0 Å². The van der Waals surface area contributed by atoms with Crippen LogP contribution >= 0.6 is 39.1 Å². The number of alkyl halides is 1. The van der Waals surface area contributed by atoms with Gasteiger partial charge in [-0.3, -0.25) is 4.90 Å². The van der Waals surface area contributed by atoms with E-state index in [4.69, 9.17) is 23.2 Å². The van der Waals surface area contributed by atoms with Crippen molar-refractivity contribution >= 4 is 39.1 Å². The molecule has 0 spiro atoms. The second-order valence-corrected chi connectivity index (χ2v) is 6.24. The van der Waals surface area contributed by atoms with E-state index >= 15 is 0 Å². The molecule has 0 aliphatic heterocycles. The normalized spacial score (nSPS) is 11.0. The van der Waals surface area contributed by atoms with Gasteiger partial charge in [-0.05, 0) is 23.3 Å². The third kappa shape index (κ3) is 4.78. The van der Waals surface area contributed by atoms with Crippen molar-refractivity contribution in [1.82, 2.24) is 4.90 Å². The van der Waals surface area contributed by atoms with E-state index in [9.17, 15) is 0 Å². The van der Waals surface area contributed by atoms with Crippen LogP contribution in [0.1, 0.15) is 11.1 Å². The predicted molar refractivity (Wildman–Crippen MR) is 90.8 cm³/mol. The summed E-state index contributed by atoms with van der Waals surface area (Å²) in [6.45, 7) is 2.76. The van der Waals surface area contributed by atoms with Crippen LogP contribution in [0.3, 0.4) is 0 Å².